The number of aromatic nitrogens is 3. The van der Waals surface area contributed by atoms with E-state index in [0.717, 1.165) is 23.6 Å². The van der Waals surface area contributed by atoms with Crippen LogP contribution in [-0.4, -0.2) is 41.5 Å². The molecule has 2 aromatic carbocycles. The molecule has 0 atom stereocenters. The van der Waals surface area contributed by atoms with E-state index in [9.17, 15) is 0 Å². The first-order valence-electron chi connectivity index (χ1n) is 9.42. The third kappa shape index (κ3) is 6.09. The molecule has 1 heterocycles. The van der Waals surface area contributed by atoms with E-state index in [0.29, 0.717) is 30.5 Å². The van der Waals surface area contributed by atoms with Crippen molar-refractivity contribution in [3.8, 4) is 17.2 Å². The van der Waals surface area contributed by atoms with Gasteiger partial charge in [-0.25, -0.2) is 4.99 Å². The Morgan fingerprint density at radius 1 is 1.03 bits per heavy atom. The van der Waals surface area contributed by atoms with Gasteiger partial charge in [-0.3, -0.25) is 4.57 Å². The summed E-state index contributed by atoms with van der Waals surface area (Å²) in [6.45, 7) is 3.77. The average molecular weight is 522 g/mol. The minimum atomic E-state index is 0. The van der Waals surface area contributed by atoms with E-state index in [1.54, 1.807) is 20.5 Å². The number of hydrogen-bond donors (Lipinski definition) is 2. The highest BCUT2D eigenvalue weighted by Gasteiger charge is 2.08. The third-order valence-corrected chi connectivity index (χ3v) is 4.28. The number of ether oxygens (including phenoxy) is 2. The van der Waals surface area contributed by atoms with Crippen LogP contribution in [-0.2, 0) is 13.1 Å². The predicted octanol–water partition coefficient (Wildman–Crippen LogP) is 3.16. The largest absolute Gasteiger partial charge is 0.493 e. The number of hydrogen-bond acceptors (Lipinski definition) is 5. The van der Waals surface area contributed by atoms with Crippen molar-refractivity contribution in [2.24, 2.45) is 4.99 Å². The normalized spacial score (nSPS) is 10.8. The zero-order chi connectivity index (χ0) is 20.5. The van der Waals surface area contributed by atoms with Gasteiger partial charge in [0.05, 0.1) is 27.3 Å². The van der Waals surface area contributed by atoms with E-state index in [1.165, 1.54) is 0 Å². The van der Waals surface area contributed by atoms with Crippen LogP contribution in [0.1, 0.15) is 18.3 Å². The summed E-state index contributed by atoms with van der Waals surface area (Å²) in [5.74, 6) is 2.89. The Morgan fingerprint density at radius 2 is 1.80 bits per heavy atom. The van der Waals surface area contributed by atoms with Crippen LogP contribution in [0.25, 0.3) is 5.69 Å². The zero-order valence-electron chi connectivity index (χ0n) is 17.3. The summed E-state index contributed by atoms with van der Waals surface area (Å²) in [6, 6.07) is 15.8. The second kappa shape index (κ2) is 12.0. The van der Waals surface area contributed by atoms with Gasteiger partial charge in [0.1, 0.15) is 6.33 Å². The van der Waals surface area contributed by atoms with E-state index in [4.69, 9.17) is 9.47 Å². The van der Waals surface area contributed by atoms with Crippen LogP contribution in [0.3, 0.4) is 0 Å². The number of aliphatic imine (C=N–C) groups is 1. The lowest BCUT2D eigenvalue weighted by molar-refractivity contribution is 0.354. The number of nitrogens with one attached hydrogen (secondary N) is 2. The van der Waals surface area contributed by atoms with Crippen LogP contribution >= 0.6 is 24.0 Å². The number of nitrogens with zero attached hydrogens (tertiary/aromatic N) is 4. The van der Waals surface area contributed by atoms with Gasteiger partial charge in [-0.15, -0.1) is 34.2 Å². The van der Waals surface area contributed by atoms with Gasteiger partial charge < -0.3 is 20.1 Å². The summed E-state index contributed by atoms with van der Waals surface area (Å²) in [4.78, 5) is 4.66. The maximum absolute atomic E-state index is 5.36. The third-order valence-electron chi connectivity index (χ3n) is 4.28. The number of methoxy groups -OCH3 is 2. The predicted molar refractivity (Wildman–Crippen MR) is 128 cm³/mol. The molecule has 0 bridgehead atoms. The summed E-state index contributed by atoms with van der Waals surface area (Å²) in [6.07, 6.45) is 1.71. The number of guanidine groups is 1. The molecule has 3 aromatic rings. The van der Waals surface area contributed by atoms with Crippen LogP contribution < -0.4 is 20.1 Å². The molecule has 0 radical (unpaired) electrons. The molecule has 0 saturated carbocycles. The highest BCUT2D eigenvalue weighted by atomic mass is 127. The van der Waals surface area contributed by atoms with Crippen molar-refractivity contribution in [2.75, 3.05) is 20.8 Å². The molecule has 0 saturated heterocycles. The monoisotopic (exact) mass is 522 g/mol. The van der Waals surface area contributed by atoms with E-state index in [-0.39, 0.29) is 24.0 Å². The van der Waals surface area contributed by atoms with Gasteiger partial charge in [0, 0.05) is 12.2 Å². The second-order valence-electron chi connectivity index (χ2n) is 6.19. The van der Waals surface area contributed by atoms with Crippen LogP contribution in [0.2, 0.25) is 0 Å². The quantitative estimate of drug-likeness (QED) is 0.269. The molecule has 0 fully saturated rings. The summed E-state index contributed by atoms with van der Waals surface area (Å²) in [5, 5.41) is 14.8. The van der Waals surface area contributed by atoms with Gasteiger partial charge in [0.15, 0.2) is 23.3 Å². The SMILES string of the molecule is CCNC(=NCc1ccc(OC)c(OC)c1)NCc1nncn1-c1ccccc1.I. The molecule has 1 aromatic heterocycles. The van der Waals surface area contributed by atoms with E-state index >= 15 is 0 Å². The summed E-state index contributed by atoms with van der Waals surface area (Å²) in [5.41, 5.74) is 2.04. The molecule has 160 valence electrons. The lowest BCUT2D eigenvalue weighted by Crippen LogP contribution is -2.37. The molecule has 0 amide bonds. The van der Waals surface area contributed by atoms with Crippen LogP contribution in [0.5, 0.6) is 11.5 Å². The van der Waals surface area contributed by atoms with Crippen molar-refractivity contribution in [3.05, 3.63) is 66.2 Å². The van der Waals surface area contributed by atoms with E-state index < -0.39 is 0 Å². The fraction of sp³-hybridized carbons (Fsp3) is 0.286. The first kappa shape index (κ1) is 23.5. The molecule has 0 spiro atoms. The van der Waals surface area contributed by atoms with Crippen LogP contribution in [0.4, 0.5) is 0 Å². The van der Waals surface area contributed by atoms with Crippen molar-refractivity contribution in [1.29, 1.82) is 0 Å². The molecule has 2 N–H and O–H groups in total. The maximum Gasteiger partial charge on any atom is 0.191 e. The van der Waals surface area contributed by atoms with Crippen molar-refractivity contribution < 1.29 is 9.47 Å². The van der Waals surface area contributed by atoms with Crippen molar-refractivity contribution in [1.82, 2.24) is 25.4 Å². The molecule has 0 aliphatic heterocycles. The lowest BCUT2D eigenvalue weighted by atomic mass is 10.2. The first-order valence-corrected chi connectivity index (χ1v) is 9.42. The number of benzene rings is 2. The van der Waals surface area contributed by atoms with Gasteiger partial charge in [-0.1, -0.05) is 24.3 Å². The Hall–Kier alpha value is -2.82. The topological polar surface area (TPSA) is 85.6 Å². The van der Waals surface area contributed by atoms with Crippen LogP contribution in [0, 0.1) is 0 Å². The smallest absolute Gasteiger partial charge is 0.191 e. The van der Waals surface area contributed by atoms with E-state index in [1.807, 2.05) is 60.0 Å². The molecular formula is C21H27IN6O2. The van der Waals surface area contributed by atoms with Crippen molar-refractivity contribution >= 4 is 29.9 Å². The van der Waals surface area contributed by atoms with Crippen molar-refractivity contribution in [2.45, 2.75) is 20.0 Å². The summed E-state index contributed by atoms with van der Waals surface area (Å²) >= 11 is 0. The Labute approximate surface area is 193 Å². The fourth-order valence-electron chi connectivity index (χ4n) is 2.84. The van der Waals surface area contributed by atoms with Gasteiger partial charge in [-0.05, 0) is 36.8 Å². The lowest BCUT2D eigenvalue weighted by Gasteiger charge is -2.12. The Morgan fingerprint density at radius 3 is 2.50 bits per heavy atom. The highest BCUT2D eigenvalue weighted by molar-refractivity contribution is 14.0. The Balaban J connectivity index is 0.00000320. The zero-order valence-corrected chi connectivity index (χ0v) is 19.7. The summed E-state index contributed by atoms with van der Waals surface area (Å²) in [7, 11) is 3.25. The fourth-order valence-corrected chi connectivity index (χ4v) is 2.84. The molecule has 0 aliphatic carbocycles. The standard InChI is InChI=1S/C21H26N6O2.HI/c1-4-22-21(23-13-16-10-11-18(28-2)19(12-16)29-3)24-14-20-26-25-15-27(20)17-8-6-5-7-9-17;/h5-12,15H,4,13-14H2,1-3H3,(H2,22,23,24);1H. The van der Waals surface area contributed by atoms with Gasteiger partial charge in [0.2, 0.25) is 0 Å². The van der Waals surface area contributed by atoms with E-state index in [2.05, 4.69) is 25.8 Å². The average Bonchev–Trinajstić information content (AvgIpc) is 3.24. The second-order valence-corrected chi connectivity index (χ2v) is 6.19. The minimum absolute atomic E-state index is 0. The highest BCUT2D eigenvalue weighted by Crippen LogP contribution is 2.27. The minimum Gasteiger partial charge on any atom is -0.493 e. The number of rotatable bonds is 8. The number of halogens is 1. The number of para-hydroxylation sites is 1. The Kier molecular flexibility index (Phi) is 9.39. The Bertz CT molecular complexity index is 946. The van der Waals surface area contributed by atoms with Crippen LogP contribution in [0.15, 0.2) is 59.9 Å². The van der Waals surface area contributed by atoms with Gasteiger partial charge in [-0.2, -0.15) is 0 Å². The van der Waals surface area contributed by atoms with Gasteiger partial charge >= 0.3 is 0 Å². The molecule has 0 unspecified atom stereocenters. The molecular weight excluding hydrogens is 495 g/mol. The molecule has 30 heavy (non-hydrogen) atoms. The molecule has 8 nitrogen and oxygen atoms in total. The van der Waals surface area contributed by atoms with Crippen molar-refractivity contribution in [3.63, 3.8) is 0 Å². The molecule has 0 aliphatic rings. The molecule has 9 heteroatoms. The van der Waals surface area contributed by atoms with Gasteiger partial charge in [0.25, 0.3) is 0 Å². The molecule has 3 rings (SSSR count). The summed E-state index contributed by atoms with van der Waals surface area (Å²) < 4.78 is 12.6. The maximum atomic E-state index is 5.36. The first-order chi connectivity index (χ1) is 14.2.